The summed E-state index contributed by atoms with van der Waals surface area (Å²) in [5, 5.41) is 10.3. The van der Waals surface area contributed by atoms with E-state index >= 15 is 0 Å². The number of hydrogen-bond donors (Lipinski definition) is 1. The molecule has 1 saturated heterocycles. The highest BCUT2D eigenvalue weighted by molar-refractivity contribution is 6.10. The summed E-state index contributed by atoms with van der Waals surface area (Å²) in [6.45, 7) is 3.77. The third kappa shape index (κ3) is 2.48. The van der Waals surface area contributed by atoms with E-state index in [1.807, 2.05) is 0 Å². The number of halogens is 3. The predicted molar refractivity (Wildman–Crippen MR) is 71.9 cm³/mol. The zero-order valence-electron chi connectivity index (χ0n) is 11.3. The Bertz CT molecular complexity index is 664. The zero-order chi connectivity index (χ0) is 16.1. The molecule has 0 spiro atoms. The molecular formula is C15H12F3NO3. The van der Waals surface area contributed by atoms with Crippen LogP contribution in [0.4, 0.5) is 18.9 Å². The Balaban J connectivity index is 1.84. The number of benzene rings is 1. The zero-order valence-corrected chi connectivity index (χ0v) is 11.3. The van der Waals surface area contributed by atoms with Crippen molar-refractivity contribution in [1.29, 1.82) is 0 Å². The summed E-state index contributed by atoms with van der Waals surface area (Å²) in [7, 11) is 0. The third-order valence-corrected chi connectivity index (χ3v) is 3.68. The molecule has 0 saturated carbocycles. The summed E-state index contributed by atoms with van der Waals surface area (Å²) >= 11 is 0. The van der Waals surface area contributed by atoms with Crippen LogP contribution < -0.4 is 9.64 Å². The fourth-order valence-corrected chi connectivity index (χ4v) is 2.78. The molecule has 4 nitrogen and oxygen atoms in total. The first kappa shape index (κ1) is 14.6. The highest BCUT2D eigenvalue weighted by atomic mass is 19.4. The molecule has 7 heteroatoms. The normalized spacial score (nSPS) is 24.5. The van der Waals surface area contributed by atoms with Gasteiger partial charge in [-0.15, -0.1) is 13.2 Å². The fraction of sp³-hybridized carbons (Fsp3) is 0.267. The van der Waals surface area contributed by atoms with Gasteiger partial charge in [0.1, 0.15) is 12.0 Å². The number of carbonyl (C=O) groups is 1. The van der Waals surface area contributed by atoms with Crippen LogP contribution in [0.2, 0.25) is 0 Å². The van der Waals surface area contributed by atoms with E-state index in [0.717, 1.165) is 17.7 Å². The minimum atomic E-state index is -4.77. The third-order valence-electron chi connectivity index (χ3n) is 3.68. The van der Waals surface area contributed by atoms with E-state index in [2.05, 4.69) is 11.3 Å². The van der Waals surface area contributed by atoms with Crippen molar-refractivity contribution in [2.75, 3.05) is 4.90 Å². The van der Waals surface area contributed by atoms with E-state index < -0.39 is 12.6 Å². The van der Waals surface area contributed by atoms with Gasteiger partial charge in [0.25, 0.3) is 5.91 Å². The monoisotopic (exact) mass is 311 g/mol. The average molecular weight is 311 g/mol. The van der Waals surface area contributed by atoms with Gasteiger partial charge in [-0.05, 0) is 30.7 Å². The second-order valence-electron chi connectivity index (χ2n) is 5.20. The Hall–Kier alpha value is -2.28. The molecule has 0 radical (unpaired) electrons. The maximum absolute atomic E-state index is 12.3. The summed E-state index contributed by atoms with van der Waals surface area (Å²) in [5.41, 5.74) is 1.57. The van der Waals surface area contributed by atoms with Gasteiger partial charge in [0.2, 0.25) is 0 Å². The van der Waals surface area contributed by atoms with Crippen LogP contribution in [0.3, 0.4) is 0 Å². The molecule has 116 valence electrons. The second-order valence-corrected chi connectivity index (χ2v) is 5.20. The number of ether oxygens (including phenoxy) is 1. The lowest BCUT2D eigenvalue weighted by Gasteiger charge is -2.23. The van der Waals surface area contributed by atoms with Crippen LogP contribution >= 0.6 is 0 Å². The van der Waals surface area contributed by atoms with Crippen LogP contribution in [0.1, 0.15) is 6.42 Å². The summed E-state index contributed by atoms with van der Waals surface area (Å²) in [5.74, 6) is -1.09. The number of carbonyl (C=O) groups excluding carboxylic acids is 1. The Morgan fingerprint density at radius 2 is 1.91 bits per heavy atom. The molecule has 1 heterocycles. The molecule has 1 N–H and O–H groups in total. The first-order valence-corrected chi connectivity index (χ1v) is 6.53. The standard InChI is InChI=1S/C15H12F3NO3/c1-8-6-11-12(7-8)14(21)19(13(11)20)9-2-4-10(5-3-9)22-15(16,17)18/h2-6,12,14,21H,1,7H2. The van der Waals surface area contributed by atoms with E-state index in [9.17, 15) is 23.1 Å². The van der Waals surface area contributed by atoms with Crippen LogP contribution in [0.25, 0.3) is 0 Å². The van der Waals surface area contributed by atoms with Gasteiger partial charge in [0.05, 0.1) is 0 Å². The van der Waals surface area contributed by atoms with Crippen LogP contribution in [-0.4, -0.2) is 23.6 Å². The molecule has 2 unspecified atom stereocenters. The molecule has 1 aliphatic carbocycles. The number of rotatable bonds is 2. The van der Waals surface area contributed by atoms with Crippen molar-refractivity contribution in [2.24, 2.45) is 5.92 Å². The quantitative estimate of drug-likeness (QED) is 0.913. The number of aliphatic hydroxyl groups excluding tert-OH is 1. The molecule has 3 rings (SSSR count). The predicted octanol–water partition coefficient (Wildman–Crippen LogP) is 2.75. The van der Waals surface area contributed by atoms with Crippen molar-refractivity contribution < 1.29 is 27.8 Å². The van der Waals surface area contributed by atoms with Gasteiger partial charge in [-0.2, -0.15) is 0 Å². The van der Waals surface area contributed by atoms with Crippen molar-refractivity contribution in [3.63, 3.8) is 0 Å². The molecule has 1 aliphatic heterocycles. The first-order valence-electron chi connectivity index (χ1n) is 6.53. The van der Waals surface area contributed by atoms with Crippen LogP contribution in [0, 0.1) is 5.92 Å². The van der Waals surface area contributed by atoms with E-state index in [4.69, 9.17) is 0 Å². The molecule has 0 bridgehead atoms. The number of hydrogen-bond acceptors (Lipinski definition) is 3. The Morgan fingerprint density at radius 3 is 2.45 bits per heavy atom. The van der Waals surface area contributed by atoms with Gasteiger partial charge < -0.3 is 9.84 Å². The van der Waals surface area contributed by atoms with E-state index in [1.54, 1.807) is 6.08 Å². The second kappa shape index (κ2) is 4.88. The van der Waals surface area contributed by atoms with Crippen molar-refractivity contribution in [1.82, 2.24) is 0 Å². The van der Waals surface area contributed by atoms with Gasteiger partial charge in [-0.1, -0.05) is 18.2 Å². The van der Waals surface area contributed by atoms with Crippen LogP contribution in [0.15, 0.2) is 48.1 Å². The average Bonchev–Trinajstić information content (AvgIpc) is 2.89. The Kier molecular flexibility index (Phi) is 3.25. The lowest BCUT2D eigenvalue weighted by Crippen LogP contribution is -2.35. The largest absolute Gasteiger partial charge is 0.573 e. The molecule has 22 heavy (non-hydrogen) atoms. The molecule has 1 aromatic carbocycles. The Morgan fingerprint density at radius 1 is 1.27 bits per heavy atom. The number of aliphatic hydroxyl groups is 1. The number of fused-ring (bicyclic) bond motifs is 1. The van der Waals surface area contributed by atoms with Crippen molar-refractivity contribution in [3.05, 3.63) is 48.1 Å². The van der Waals surface area contributed by atoms with Gasteiger partial charge in [0.15, 0.2) is 0 Å². The van der Waals surface area contributed by atoms with Crippen molar-refractivity contribution >= 4 is 11.6 Å². The lowest BCUT2D eigenvalue weighted by molar-refractivity contribution is -0.274. The van der Waals surface area contributed by atoms with Gasteiger partial charge in [0, 0.05) is 17.2 Å². The molecule has 1 aromatic rings. The SMILES string of the molecule is C=C1C=C2C(=O)N(c3ccc(OC(F)(F)F)cc3)C(O)C2C1. The lowest BCUT2D eigenvalue weighted by atomic mass is 10.0. The topological polar surface area (TPSA) is 49.8 Å². The minimum Gasteiger partial charge on any atom is -0.406 e. The molecule has 2 aliphatic rings. The molecule has 1 amide bonds. The Labute approximate surface area is 124 Å². The van der Waals surface area contributed by atoms with E-state index in [1.165, 1.54) is 17.0 Å². The summed E-state index contributed by atoms with van der Waals surface area (Å²) in [6, 6.07) is 4.81. The van der Waals surface area contributed by atoms with Crippen molar-refractivity contribution in [2.45, 2.75) is 19.0 Å². The number of alkyl halides is 3. The summed E-state index contributed by atoms with van der Waals surface area (Å²) in [6.07, 6.45) is -3.68. The van der Waals surface area contributed by atoms with E-state index in [0.29, 0.717) is 17.7 Å². The van der Waals surface area contributed by atoms with Crippen LogP contribution in [-0.2, 0) is 4.79 Å². The minimum absolute atomic E-state index is 0.313. The summed E-state index contributed by atoms with van der Waals surface area (Å²) in [4.78, 5) is 13.5. The molecule has 1 fully saturated rings. The number of nitrogens with zero attached hydrogens (tertiary/aromatic N) is 1. The number of allylic oxidation sites excluding steroid dienone is 2. The highest BCUT2D eigenvalue weighted by Crippen LogP contribution is 2.42. The van der Waals surface area contributed by atoms with Gasteiger partial charge in [-0.3, -0.25) is 9.69 Å². The summed E-state index contributed by atoms with van der Waals surface area (Å²) < 4.78 is 40.1. The maximum atomic E-state index is 12.3. The fourth-order valence-electron chi connectivity index (χ4n) is 2.78. The molecule has 2 atom stereocenters. The van der Waals surface area contributed by atoms with Crippen LogP contribution in [0.5, 0.6) is 5.75 Å². The highest BCUT2D eigenvalue weighted by Gasteiger charge is 2.46. The first-order chi connectivity index (χ1) is 10.3. The smallest absolute Gasteiger partial charge is 0.406 e. The number of anilines is 1. The number of amides is 1. The molecular weight excluding hydrogens is 299 g/mol. The van der Waals surface area contributed by atoms with E-state index in [-0.39, 0.29) is 17.6 Å². The van der Waals surface area contributed by atoms with Gasteiger partial charge in [-0.25, -0.2) is 0 Å². The van der Waals surface area contributed by atoms with Crippen molar-refractivity contribution in [3.8, 4) is 5.75 Å². The maximum Gasteiger partial charge on any atom is 0.573 e. The molecule has 0 aromatic heterocycles. The van der Waals surface area contributed by atoms with Gasteiger partial charge >= 0.3 is 6.36 Å².